The molecule has 0 saturated heterocycles. The lowest BCUT2D eigenvalue weighted by molar-refractivity contribution is 0.985. The van der Waals surface area contributed by atoms with Gasteiger partial charge < -0.3 is 9.13 Å². The normalized spacial score (nSPS) is 13.3. The Bertz CT molecular complexity index is 3030. The molecule has 0 atom stereocenters. The molecular formula is C50H34N4. The minimum absolute atomic E-state index is 0.745. The van der Waals surface area contributed by atoms with Gasteiger partial charge in [-0.15, -0.1) is 0 Å². The number of rotatable bonds is 5. The highest BCUT2D eigenvalue weighted by atomic mass is 15.0. The first-order valence-corrected chi connectivity index (χ1v) is 18.6. The Morgan fingerprint density at radius 2 is 0.833 bits per heavy atom. The maximum Gasteiger partial charge on any atom is 0.160 e. The van der Waals surface area contributed by atoms with Crippen LogP contribution in [-0.4, -0.2) is 19.1 Å². The number of nitrogens with zero attached hydrogens (tertiary/aromatic N) is 4. The summed E-state index contributed by atoms with van der Waals surface area (Å²) in [6.07, 6.45) is 6.38. The summed E-state index contributed by atoms with van der Waals surface area (Å²) in [5, 5.41) is 6.20. The van der Waals surface area contributed by atoms with Crippen molar-refractivity contribution in [2.45, 2.75) is 12.8 Å². The van der Waals surface area contributed by atoms with Gasteiger partial charge in [0.05, 0.1) is 33.3 Å². The van der Waals surface area contributed by atoms with E-state index in [2.05, 4.69) is 191 Å². The molecule has 3 aromatic heterocycles. The first-order chi connectivity index (χ1) is 26.8. The minimum atomic E-state index is 0.745. The number of fused-ring (bicyclic) bond motifs is 7. The van der Waals surface area contributed by atoms with Gasteiger partial charge in [-0.2, -0.15) is 0 Å². The second-order valence-corrected chi connectivity index (χ2v) is 14.1. The fraction of sp³-hybridized carbons (Fsp3) is 0.0400. The second-order valence-electron chi connectivity index (χ2n) is 14.1. The molecule has 4 heteroatoms. The van der Waals surface area contributed by atoms with Gasteiger partial charge in [0.2, 0.25) is 0 Å². The summed E-state index contributed by atoms with van der Waals surface area (Å²) in [6.45, 7) is 0. The third-order valence-corrected chi connectivity index (χ3v) is 11.1. The fourth-order valence-electron chi connectivity index (χ4n) is 8.51. The summed E-state index contributed by atoms with van der Waals surface area (Å²) in [6, 6.07) is 60.6. The highest BCUT2D eigenvalue weighted by molar-refractivity contribution is 6.11. The largest absolute Gasteiger partial charge is 0.313 e. The lowest BCUT2D eigenvalue weighted by atomic mass is 9.96. The summed E-state index contributed by atoms with van der Waals surface area (Å²) < 4.78 is 4.79. The van der Waals surface area contributed by atoms with E-state index in [0.29, 0.717) is 0 Å². The Hall–Kier alpha value is -7.04. The average Bonchev–Trinajstić information content (AvgIpc) is 3.77. The van der Waals surface area contributed by atoms with Gasteiger partial charge in [-0.3, -0.25) is 0 Å². The van der Waals surface area contributed by atoms with Crippen molar-refractivity contribution in [3.8, 4) is 28.2 Å². The second kappa shape index (κ2) is 12.3. The number of benzene rings is 7. The zero-order chi connectivity index (χ0) is 35.6. The first kappa shape index (κ1) is 30.6. The predicted molar refractivity (Wildman–Crippen MR) is 226 cm³/mol. The van der Waals surface area contributed by atoms with E-state index in [0.717, 1.165) is 52.1 Å². The monoisotopic (exact) mass is 690 g/mol. The van der Waals surface area contributed by atoms with Crippen LogP contribution in [0.5, 0.6) is 0 Å². The maximum absolute atomic E-state index is 5.26. The van der Waals surface area contributed by atoms with Gasteiger partial charge >= 0.3 is 0 Å². The molecule has 4 nitrogen and oxygen atoms in total. The molecule has 0 bridgehead atoms. The van der Waals surface area contributed by atoms with E-state index >= 15 is 0 Å². The Morgan fingerprint density at radius 3 is 1.37 bits per heavy atom. The van der Waals surface area contributed by atoms with Crippen molar-refractivity contribution in [3.05, 3.63) is 188 Å². The Labute approximate surface area is 312 Å². The van der Waals surface area contributed by atoms with Gasteiger partial charge in [-0.1, -0.05) is 133 Å². The van der Waals surface area contributed by atoms with Crippen molar-refractivity contribution in [1.82, 2.24) is 19.1 Å². The molecule has 0 aliphatic heterocycles. The third kappa shape index (κ3) is 4.84. The van der Waals surface area contributed by atoms with E-state index in [1.54, 1.807) is 0 Å². The van der Waals surface area contributed by atoms with E-state index in [1.807, 2.05) is 0 Å². The van der Waals surface area contributed by atoms with E-state index in [9.17, 15) is 0 Å². The number of para-hydroxylation sites is 5. The Kier molecular flexibility index (Phi) is 6.96. The number of hydrogen-bond donors (Lipinski definition) is 0. The molecule has 0 amide bonds. The van der Waals surface area contributed by atoms with Gasteiger partial charge in [-0.25, -0.2) is 9.97 Å². The van der Waals surface area contributed by atoms with Crippen LogP contribution < -0.4 is 0 Å². The molecule has 0 saturated carbocycles. The van der Waals surface area contributed by atoms with Crippen molar-refractivity contribution in [2.24, 2.45) is 0 Å². The number of aromatic nitrogens is 4. The van der Waals surface area contributed by atoms with Gasteiger partial charge in [0, 0.05) is 43.9 Å². The molecular weight excluding hydrogens is 657 g/mol. The smallest absolute Gasteiger partial charge is 0.160 e. The zero-order valence-corrected chi connectivity index (χ0v) is 29.5. The number of hydrogen-bond acceptors (Lipinski definition) is 2. The SMILES string of the molecule is C1=C(c2nc(-c3ccc(-c4ccc(-n5c6ccccc6c6ccccc65)cc4)cc3)nc3ccccc23)CCC(n2c3ccccc3c3ccccc32)=C1. The van der Waals surface area contributed by atoms with Crippen LogP contribution in [0.3, 0.4) is 0 Å². The first-order valence-electron chi connectivity index (χ1n) is 18.6. The maximum atomic E-state index is 5.26. The van der Waals surface area contributed by atoms with E-state index < -0.39 is 0 Å². The molecule has 0 N–H and O–H groups in total. The summed E-state index contributed by atoms with van der Waals surface area (Å²) >= 11 is 0. The van der Waals surface area contributed by atoms with Crippen molar-refractivity contribution < 1.29 is 0 Å². The van der Waals surface area contributed by atoms with E-state index in [-0.39, 0.29) is 0 Å². The topological polar surface area (TPSA) is 35.6 Å². The lowest BCUT2D eigenvalue weighted by Gasteiger charge is -2.19. The van der Waals surface area contributed by atoms with E-state index in [1.165, 1.54) is 60.4 Å². The molecule has 7 aromatic carbocycles. The summed E-state index contributed by atoms with van der Waals surface area (Å²) in [5.74, 6) is 0.745. The Morgan fingerprint density at radius 1 is 0.370 bits per heavy atom. The highest BCUT2D eigenvalue weighted by Gasteiger charge is 2.19. The van der Waals surface area contributed by atoms with Crippen LogP contribution in [0.15, 0.2) is 182 Å². The molecule has 0 spiro atoms. The molecule has 0 unspecified atom stereocenters. The molecule has 11 rings (SSSR count). The fourth-order valence-corrected chi connectivity index (χ4v) is 8.51. The summed E-state index contributed by atoms with van der Waals surface area (Å²) in [5.41, 5.74) is 13.9. The molecule has 0 fully saturated rings. The summed E-state index contributed by atoms with van der Waals surface area (Å²) in [4.78, 5) is 10.3. The van der Waals surface area contributed by atoms with Crippen LogP contribution in [0.25, 0.3) is 94.0 Å². The van der Waals surface area contributed by atoms with Crippen molar-refractivity contribution in [3.63, 3.8) is 0 Å². The van der Waals surface area contributed by atoms with E-state index in [4.69, 9.17) is 9.97 Å². The lowest BCUT2D eigenvalue weighted by Crippen LogP contribution is -2.03. The molecule has 54 heavy (non-hydrogen) atoms. The van der Waals surface area contributed by atoms with Gasteiger partial charge in [0.1, 0.15) is 0 Å². The molecule has 10 aromatic rings. The van der Waals surface area contributed by atoms with Gasteiger partial charge in [-0.05, 0) is 78.1 Å². The number of allylic oxidation sites excluding steroid dienone is 4. The average molecular weight is 691 g/mol. The molecule has 1 aliphatic carbocycles. The van der Waals surface area contributed by atoms with Crippen LogP contribution in [0, 0.1) is 0 Å². The summed E-state index contributed by atoms with van der Waals surface area (Å²) in [7, 11) is 0. The molecule has 0 radical (unpaired) electrons. The van der Waals surface area contributed by atoms with Crippen LogP contribution >= 0.6 is 0 Å². The van der Waals surface area contributed by atoms with Gasteiger partial charge in [0.25, 0.3) is 0 Å². The van der Waals surface area contributed by atoms with Crippen LogP contribution in [0.1, 0.15) is 18.5 Å². The molecule has 1 aliphatic rings. The van der Waals surface area contributed by atoms with Crippen LogP contribution in [0.2, 0.25) is 0 Å². The highest BCUT2D eigenvalue weighted by Crippen LogP contribution is 2.38. The third-order valence-electron chi connectivity index (χ3n) is 11.1. The Balaban J connectivity index is 0.929. The van der Waals surface area contributed by atoms with Crippen LogP contribution in [0.4, 0.5) is 0 Å². The van der Waals surface area contributed by atoms with Gasteiger partial charge in [0.15, 0.2) is 5.82 Å². The standard InChI is InChI=1S/C50H34N4/c1-6-16-44-43(15-1)49(35-27-31-38(32-28-35)54-47-19-9-4-13-41(47)42-14-5-10-20-48(42)54)52-50(51-44)36-23-21-33(22-24-36)34-25-29-37(30-26-34)53-45-17-7-2-11-39(45)40-12-3-8-18-46(40)53/h1-27,29-31H,28,32H2. The van der Waals surface area contributed by atoms with Crippen molar-refractivity contribution >= 4 is 65.8 Å². The zero-order valence-electron chi connectivity index (χ0n) is 29.5. The predicted octanol–water partition coefficient (Wildman–Crippen LogP) is 12.9. The van der Waals surface area contributed by atoms with Crippen molar-refractivity contribution in [2.75, 3.05) is 0 Å². The van der Waals surface area contributed by atoms with Crippen LogP contribution in [-0.2, 0) is 0 Å². The quantitative estimate of drug-likeness (QED) is 0.180. The molecule has 3 heterocycles. The minimum Gasteiger partial charge on any atom is -0.313 e. The van der Waals surface area contributed by atoms with Crippen molar-refractivity contribution in [1.29, 1.82) is 0 Å². The molecule has 254 valence electrons.